The van der Waals surface area contributed by atoms with Crippen molar-refractivity contribution < 1.29 is 0 Å². The Morgan fingerprint density at radius 3 is 1.44 bits per heavy atom. The van der Waals surface area contributed by atoms with Crippen molar-refractivity contribution in [3.8, 4) is 57.2 Å². The van der Waals surface area contributed by atoms with E-state index in [4.69, 9.17) is 16.4 Å². The first-order chi connectivity index (χ1) is 28.2. The molecule has 1 heterocycles. The molecule has 0 unspecified atom stereocenters. The van der Waals surface area contributed by atoms with E-state index < -0.39 is 10.8 Å². The molecule has 0 atom stereocenters. The maximum Gasteiger partial charge on any atom is 0.160 e. The van der Waals surface area contributed by atoms with E-state index in [1.807, 2.05) is 43.4 Å². The number of hydrogen-bond acceptors (Lipinski definition) is 2. The third-order valence-corrected chi connectivity index (χ3v) is 12.4. The first kappa shape index (κ1) is 33.0. The van der Waals surface area contributed by atoms with E-state index in [2.05, 4.69) is 164 Å². The van der Waals surface area contributed by atoms with Crippen molar-refractivity contribution in [3.63, 3.8) is 0 Å². The standard InChI is InChI=1S/C55H36N2/c1-3-5-19-36(4-2)51-35-52(57-53(56-51)37-20-7-6-8-21-37)38-32-33-49-50(34-38)55(45-28-15-11-24-41(45)42-25-12-16-29-46(42)55)48-31-18-17-30-47(48)54(49)43-26-13-9-22-39(43)40-23-10-14-27-44(40)54/h2-3,5-35H,1H3/b5-3-,36-19+. The van der Waals surface area contributed by atoms with Gasteiger partial charge in [0.15, 0.2) is 5.82 Å². The Kier molecular flexibility index (Phi) is 7.30. The van der Waals surface area contributed by atoms with E-state index in [0.29, 0.717) is 17.1 Å². The Morgan fingerprint density at radius 2 is 0.930 bits per heavy atom. The van der Waals surface area contributed by atoms with Crippen LogP contribution in [0.3, 0.4) is 0 Å². The van der Waals surface area contributed by atoms with Crippen molar-refractivity contribution in [2.24, 2.45) is 0 Å². The number of allylic oxidation sites excluding steroid dienone is 4. The van der Waals surface area contributed by atoms with Gasteiger partial charge in [0.2, 0.25) is 0 Å². The van der Waals surface area contributed by atoms with Crippen LogP contribution in [0.15, 0.2) is 194 Å². The van der Waals surface area contributed by atoms with Gasteiger partial charge in [-0.25, -0.2) is 9.97 Å². The Hall–Kier alpha value is -7.34. The summed E-state index contributed by atoms with van der Waals surface area (Å²) in [5.74, 6) is 3.54. The van der Waals surface area contributed by atoms with E-state index in [1.54, 1.807) is 0 Å². The molecule has 2 spiro atoms. The summed E-state index contributed by atoms with van der Waals surface area (Å²) in [6.45, 7) is 1.99. The summed E-state index contributed by atoms with van der Waals surface area (Å²) in [7, 11) is 0. The van der Waals surface area contributed by atoms with Crippen LogP contribution in [-0.2, 0) is 10.8 Å². The molecule has 11 rings (SSSR count). The van der Waals surface area contributed by atoms with Gasteiger partial charge in [-0.3, -0.25) is 0 Å². The summed E-state index contributed by atoms with van der Waals surface area (Å²) in [5.41, 5.74) is 18.5. The zero-order valence-electron chi connectivity index (χ0n) is 31.4. The molecule has 0 bridgehead atoms. The fraction of sp³-hybridized carbons (Fsp3) is 0.0545. The Morgan fingerprint density at radius 1 is 0.474 bits per heavy atom. The van der Waals surface area contributed by atoms with Crippen molar-refractivity contribution in [1.82, 2.24) is 9.97 Å². The number of fused-ring (bicyclic) bond motifs is 16. The fourth-order valence-electron chi connectivity index (χ4n) is 10.2. The Balaban J connectivity index is 1.29. The molecule has 0 N–H and O–H groups in total. The minimum atomic E-state index is -0.596. The summed E-state index contributed by atoms with van der Waals surface area (Å²) in [6, 6.07) is 64.6. The number of hydrogen-bond donors (Lipinski definition) is 0. The zero-order chi connectivity index (χ0) is 38.1. The molecule has 266 valence electrons. The average molecular weight is 725 g/mol. The van der Waals surface area contributed by atoms with Crippen LogP contribution in [0.2, 0.25) is 0 Å². The highest BCUT2D eigenvalue weighted by molar-refractivity contribution is 5.94. The van der Waals surface area contributed by atoms with Crippen molar-refractivity contribution in [2.75, 3.05) is 0 Å². The molecule has 3 aliphatic carbocycles. The molecule has 57 heavy (non-hydrogen) atoms. The van der Waals surface area contributed by atoms with Crippen molar-refractivity contribution >= 4 is 5.57 Å². The van der Waals surface area contributed by atoms with E-state index in [0.717, 1.165) is 16.8 Å². The third-order valence-electron chi connectivity index (χ3n) is 12.4. The van der Waals surface area contributed by atoms with Crippen LogP contribution < -0.4 is 0 Å². The highest BCUT2D eigenvalue weighted by Gasteiger charge is 2.58. The van der Waals surface area contributed by atoms with Gasteiger partial charge in [0.25, 0.3) is 0 Å². The molecule has 0 radical (unpaired) electrons. The second-order valence-electron chi connectivity index (χ2n) is 15.1. The van der Waals surface area contributed by atoms with Crippen molar-refractivity contribution in [2.45, 2.75) is 17.8 Å². The third kappa shape index (κ3) is 4.43. The van der Waals surface area contributed by atoms with E-state index in [9.17, 15) is 0 Å². The number of rotatable bonds is 4. The minimum absolute atomic E-state index is 0.548. The van der Waals surface area contributed by atoms with E-state index in [1.165, 1.54) is 66.8 Å². The number of terminal acetylenes is 1. The molecule has 2 heteroatoms. The fourth-order valence-corrected chi connectivity index (χ4v) is 10.2. The maximum atomic E-state index is 6.16. The molecule has 3 aliphatic rings. The second-order valence-corrected chi connectivity index (χ2v) is 15.1. The summed E-state index contributed by atoms with van der Waals surface area (Å²) in [6.07, 6.45) is 12.0. The Bertz CT molecular complexity index is 2960. The first-order valence-corrected chi connectivity index (χ1v) is 19.6. The molecule has 7 aromatic carbocycles. The van der Waals surface area contributed by atoms with Crippen molar-refractivity contribution in [1.29, 1.82) is 0 Å². The number of aromatic nitrogens is 2. The molecule has 1 aromatic heterocycles. The normalized spacial score (nSPS) is 14.7. The molecule has 0 saturated carbocycles. The van der Waals surface area contributed by atoms with Crippen LogP contribution in [0.25, 0.3) is 50.5 Å². The minimum Gasteiger partial charge on any atom is -0.228 e. The lowest BCUT2D eigenvalue weighted by Gasteiger charge is -2.49. The van der Waals surface area contributed by atoms with Gasteiger partial charge in [-0.1, -0.05) is 182 Å². The first-order valence-electron chi connectivity index (χ1n) is 19.6. The van der Waals surface area contributed by atoms with E-state index >= 15 is 0 Å². The van der Waals surface area contributed by atoms with Gasteiger partial charge in [0, 0.05) is 11.1 Å². The molecule has 0 fully saturated rings. The molecule has 0 amide bonds. The molecule has 0 aliphatic heterocycles. The summed E-state index contributed by atoms with van der Waals surface area (Å²) < 4.78 is 0. The summed E-state index contributed by atoms with van der Waals surface area (Å²) in [4.78, 5) is 10.4. The van der Waals surface area contributed by atoms with Crippen LogP contribution in [-0.4, -0.2) is 9.97 Å². The largest absolute Gasteiger partial charge is 0.228 e. The average Bonchev–Trinajstić information content (AvgIpc) is 3.75. The molecular weight excluding hydrogens is 689 g/mol. The van der Waals surface area contributed by atoms with Gasteiger partial charge in [-0.2, -0.15) is 0 Å². The maximum absolute atomic E-state index is 6.16. The Labute approximate surface area is 333 Å². The topological polar surface area (TPSA) is 25.8 Å². The van der Waals surface area contributed by atoms with Gasteiger partial charge in [-0.15, -0.1) is 6.42 Å². The van der Waals surface area contributed by atoms with Gasteiger partial charge in [0.1, 0.15) is 0 Å². The monoisotopic (exact) mass is 724 g/mol. The number of nitrogens with zero attached hydrogens (tertiary/aromatic N) is 2. The summed E-state index contributed by atoms with van der Waals surface area (Å²) in [5, 5.41) is 0. The van der Waals surface area contributed by atoms with Crippen LogP contribution >= 0.6 is 0 Å². The predicted octanol–water partition coefficient (Wildman–Crippen LogP) is 12.4. The SMILES string of the molecule is C#C/C(=C\C=C/C)c1cc(-c2ccc3c(c2)C2(c4ccccc4-c4ccccc42)c2ccccc2C32c3ccccc3-c3ccccc32)nc(-c2ccccc2)n1. The van der Waals surface area contributed by atoms with Crippen LogP contribution in [0, 0.1) is 12.3 Å². The van der Waals surface area contributed by atoms with Crippen LogP contribution in [0.4, 0.5) is 0 Å². The predicted molar refractivity (Wildman–Crippen MR) is 233 cm³/mol. The quantitative estimate of drug-likeness (QED) is 0.133. The molecule has 0 saturated heterocycles. The van der Waals surface area contributed by atoms with Crippen molar-refractivity contribution in [3.05, 3.63) is 244 Å². The number of benzene rings is 7. The summed E-state index contributed by atoms with van der Waals surface area (Å²) >= 11 is 0. The van der Waals surface area contributed by atoms with E-state index in [-0.39, 0.29) is 0 Å². The highest BCUT2D eigenvalue weighted by Crippen LogP contribution is 2.67. The van der Waals surface area contributed by atoms with Crippen LogP contribution in [0.5, 0.6) is 0 Å². The second kappa shape index (κ2) is 12.6. The lowest BCUT2D eigenvalue weighted by atomic mass is 9.52. The highest BCUT2D eigenvalue weighted by atomic mass is 14.9. The zero-order valence-corrected chi connectivity index (χ0v) is 31.4. The van der Waals surface area contributed by atoms with Gasteiger partial charge < -0.3 is 0 Å². The molecule has 8 aromatic rings. The lowest BCUT2D eigenvalue weighted by molar-refractivity contribution is 0.633. The van der Waals surface area contributed by atoms with Gasteiger partial charge in [0.05, 0.1) is 27.8 Å². The molecular formula is C55H36N2. The van der Waals surface area contributed by atoms with Gasteiger partial charge >= 0.3 is 0 Å². The van der Waals surface area contributed by atoms with Crippen LogP contribution in [0.1, 0.15) is 57.1 Å². The molecule has 2 nitrogen and oxygen atoms in total. The lowest BCUT2D eigenvalue weighted by Crippen LogP contribution is -2.43. The smallest absolute Gasteiger partial charge is 0.160 e. The van der Waals surface area contributed by atoms with Gasteiger partial charge in [-0.05, 0) is 91.9 Å².